The lowest BCUT2D eigenvalue weighted by atomic mass is 10.2. The summed E-state index contributed by atoms with van der Waals surface area (Å²) >= 11 is 0. The molecule has 0 saturated heterocycles. The smallest absolute Gasteiger partial charge is 0.239 e. The molecule has 0 aliphatic carbocycles. The third-order valence-corrected chi connectivity index (χ3v) is 2.22. The molecule has 7 heteroatoms. The molecule has 0 radical (unpaired) electrons. The Morgan fingerprint density at radius 3 is 3.00 bits per heavy atom. The Bertz CT molecular complexity index is 485. The Morgan fingerprint density at radius 1 is 1.44 bits per heavy atom. The molecule has 2 rings (SSSR count). The van der Waals surface area contributed by atoms with E-state index >= 15 is 0 Å². The summed E-state index contributed by atoms with van der Waals surface area (Å²) in [5.41, 5.74) is 1.33. The minimum atomic E-state index is -0.949. The third-order valence-electron chi connectivity index (χ3n) is 2.22. The second kappa shape index (κ2) is 4.44. The molecule has 0 aliphatic heterocycles. The lowest BCUT2D eigenvalue weighted by molar-refractivity contribution is 0.130. The van der Waals surface area contributed by atoms with Crippen LogP contribution >= 0.6 is 0 Å². The van der Waals surface area contributed by atoms with Crippen molar-refractivity contribution < 1.29 is 15.3 Å². The summed E-state index contributed by atoms with van der Waals surface area (Å²) in [4.78, 5) is 10.4. The van der Waals surface area contributed by atoms with Gasteiger partial charge in [0.2, 0.25) is 5.88 Å². The van der Waals surface area contributed by atoms with E-state index in [1.54, 1.807) is 0 Å². The van der Waals surface area contributed by atoms with Gasteiger partial charge in [0.15, 0.2) is 0 Å². The highest BCUT2D eigenvalue weighted by Crippen LogP contribution is 2.24. The van der Waals surface area contributed by atoms with Gasteiger partial charge in [0, 0.05) is 18.3 Å². The van der Waals surface area contributed by atoms with Crippen molar-refractivity contribution in [3.05, 3.63) is 18.1 Å². The highest BCUT2D eigenvalue weighted by molar-refractivity contribution is 5.82. The zero-order valence-electron chi connectivity index (χ0n) is 8.38. The van der Waals surface area contributed by atoms with E-state index in [2.05, 4.69) is 20.3 Å². The quantitative estimate of drug-likeness (QED) is 0.436. The zero-order chi connectivity index (χ0) is 11.5. The summed E-state index contributed by atoms with van der Waals surface area (Å²) < 4.78 is 0. The molecular formula is C9H12N4O3. The number of aliphatic hydroxyl groups is 2. The monoisotopic (exact) mass is 224 g/mol. The van der Waals surface area contributed by atoms with Crippen molar-refractivity contribution in [1.82, 2.24) is 20.3 Å². The van der Waals surface area contributed by atoms with Gasteiger partial charge < -0.3 is 20.3 Å². The van der Waals surface area contributed by atoms with Crippen molar-refractivity contribution in [3.8, 4) is 5.88 Å². The van der Waals surface area contributed by atoms with Crippen LogP contribution in [0.5, 0.6) is 5.88 Å². The summed E-state index contributed by atoms with van der Waals surface area (Å²) in [6.07, 6.45) is 1.80. The van der Waals surface area contributed by atoms with Crippen LogP contribution in [0.4, 0.5) is 0 Å². The molecule has 5 N–H and O–H groups in total. The zero-order valence-corrected chi connectivity index (χ0v) is 8.38. The van der Waals surface area contributed by atoms with Crippen molar-refractivity contribution in [2.75, 3.05) is 13.2 Å². The fourth-order valence-corrected chi connectivity index (χ4v) is 1.47. The molecule has 1 unspecified atom stereocenters. The Labute approximate surface area is 90.8 Å². The van der Waals surface area contributed by atoms with Crippen LogP contribution in [0.3, 0.4) is 0 Å². The number of hydrogen-bond donors (Lipinski definition) is 5. The second-order valence-electron chi connectivity index (χ2n) is 3.25. The predicted molar refractivity (Wildman–Crippen MR) is 55.6 cm³/mol. The number of nitrogens with one attached hydrogen (secondary N) is 2. The molecular weight excluding hydrogens is 212 g/mol. The van der Waals surface area contributed by atoms with Gasteiger partial charge in [0.05, 0.1) is 6.61 Å². The summed E-state index contributed by atoms with van der Waals surface area (Å²) in [6.45, 7) is 0.199. The minimum absolute atomic E-state index is 0.0698. The summed E-state index contributed by atoms with van der Waals surface area (Å²) in [5, 5.41) is 30.5. The van der Waals surface area contributed by atoms with E-state index in [1.165, 1.54) is 12.5 Å². The molecule has 0 saturated carbocycles. The summed E-state index contributed by atoms with van der Waals surface area (Å²) in [7, 11) is 0. The normalized spacial score (nSPS) is 13.1. The first kappa shape index (κ1) is 10.8. The molecule has 86 valence electrons. The van der Waals surface area contributed by atoms with Crippen LogP contribution in [0.15, 0.2) is 12.5 Å². The molecule has 7 nitrogen and oxygen atoms in total. The van der Waals surface area contributed by atoms with Gasteiger partial charge >= 0.3 is 0 Å². The third kappa shape index (κ3) is 1.83. The Kier molecular flexibility index (Phi) is 3.00. The predicted octanol–water partition coefficient (Wildman–Crippen LogP) is -0.764. The number of hydrogen-bond acceptors (Lipinski definition) is 6. The molecule has 0 aliphatic rings. The average molecular weight is 224 g/mol. The van der Waals surface area contributed by atoms with Crippen LogP contribution < -0.4 is 5.32 Å². The van der Waals surface area contributed by atoms with Crippen molar-refractivity contribution in [1.29, 1.82) is 0 Å². The van der Waals surface area contributed by atoms with Crippen LogP contribution in [0.2, 0.25) is 0 Å². The number of rotatable bonds is 4. The molecule has 0 aromatic carbocycles. The first-order chi connectivity index (χ1) is 7.74. The van der Waals surface area contributed by atoms with Gasteiger partial charge in [-0.1, -0.05) is 0 Å². The number of aromatic nitrogens is 3. The van der Waals surface area contributed by atoms with Crippen LogP contribution in [0, 0.1) is 0 Å². The van der Waals surface area contributed by atoms with Crippen LogP contribution in [0.25, 0.3) is 11.0 Å². The van der Waals surface area contributed by atoms with E-state index in [1.807, 2.05) is 0 Å². The summed E-state index contributed by atoms with van der Waals surface area (Å²) in [5.74, 6) is -0.161. The van der Waals surface area contributed by atoms with Gasteiger partial charge in [-0.2, -0.15) is 0 Å². The molecule has 0 spiro atoms. The van der Waals surface area contributed by atoms with Crippen LogP contribution in [-0.4, -0.2) is 43.4 Å². The maximum Gasteiger partial charge on any atom is 0.239 e. The van der Waals surface area contributed by atoms with Gasteiger partial charge in [-0.15, -0.1) is 0 Å². The van der Waals surface area contributed by atoms with E-state index in [9.17, 15) is 10.2 Å². The number of fused-ring (bicyclic) bond motifs is 1. The highest BCUT2D eigenvalue weighted by Gasteiger charge is 2.15. The van der Waals surface area contributed by atoms with Crippen molar-refractivity contribution in [3.63, 3.8) is 0 Å². The fourth-order valence-electron chi connectivity index (χ4n) is 1.47. The van der Waals surface area contributed by atoms with Crippen molar-refractivity contribution in [2.24, 2.45) is 0 Å². The maximum atomic E-state index is 9.75. The van der Waals surface area contributed by atoms with E-state index in [0.29, 0.717) is 16.6 Å². The second-order valence-corrected chi connectivity index (χ2v) is 3.25. The van der Waals surface area contributed by atoms with Gasteiger partial charge in [-0.25, -0.2) is 9.97 Å². The number of H-pyrrole nitrogens is 1. The standard InChI is InChI=1S/C9H12N4O3/c14-2-1-10-8(15)5-3-11-7-6(5)12-4-13-9(7)16/h3-4,8,10-11,14-15H,1-2H2,(H,12,13,16). The first-order valence-electron chi connectivity index (χ1n) is 4.77. The molecule has 16 heavy (non-hydrogen) atoms. The Balaban J connectivity index is 2.34. The molecule has 2 aromatic heterocycles. The average Bonchev–Trinajstić information content (AvgIpc) is 2.71. The van der Waals surface area contributed by atoms with Gasteiger partial charge in [0.1, 0.15) is 23.6 Å². The SMILES string of the molecule is OCCNC(O)c1c[nH]c2c(O)ncnc12. The Morgan fingerprint density at radius 2 is 2.25 bits per heavy atom. The molecule has 1 atom stereocenters. The fraction of sp³-hybridized carbons (Fsp3) is 0.333. The molecule has 2 aromatic rings. The van der Waals surface area contributed by atoms with E-state index in [0.717, 1.165) is 0 Å². The number of nitrogens with zero attached hydrogens (tertiary/aromatic N) is 2. The highest BCUT2D eigenvalue weighted by atomic mass is 16.3. The molecule has 0 bridgehead atoms. The molecule has 2 heterocycles. The lowest BCUT2D eigenvalue weighted by Gasteiger charge is -2.09. The van der Waals surface area contributed by atoms with Crippen molar-refractivity contribution in [2.45, 2.75) is 6.23 Å². The molecule has 0 fully saturated rings. The van der Waals surface area contributed by atoms with E-state index < -0.39 is 6.23 Å². The number of aromatic amines is 1. The first-order valence-corrected chi connectivity index (χ1v) is 4.77. The van der Waals surface area contributed by atoms with Crippen LogP contribution in [-0.2, 0) is 0 Å². The summed E-state index contributed by atoms with van der Waals surface area (Å²) in [6, 6.07) is 0. The van der Waals surface area contributed by atoms with E-state index in [4.69, 9.17) is 5.11 Å². The molecule has 0 amide bonds. The topological polar surface area (TPSA) is 114 Å². The van der Waals surface area contributed by atoms with Gasteiger partial charge in [-0.05, 0) is 0 Å². The maximum absolute atomic E-state index is 9.75. The van der Waals surface area contributed by atoms with Gasteiger partial charge in [-0.3, -0.25) is 5.32 Å². The Hall–Kier alpha value is -1.70. The van der Waals surface area contributed by atoms with Gasteiger partial charge in [0.25, 0.3) is 0 Å². The largest absolute Gasteiger partial charge is 0.492 e. The number of aliphatic hydroxyl groups excluding tert-OH is 2. The minimum Gasteiger partial charge on any atom is -0.492 e. The van der Waals surface area contributed by atoms with Crippen molar-refractivity contribution >= 4 is 11.0 Å². The number of aromatic hydroxyl groups is 1. The van der Waals surface area contributed by atoms with Crippen LogP contribution in [0.1, 0.15) is 11.8 Å². The lowest BCUT2D eigenvalue weighted by Crippen LogP contribution is -2.23. The van der Waals surface area contributed by atoms with E-state index in [-0.39, 0.29) is 19.0 Å².